The molecule has 1 aromatic carbocycles. The number of nitrogens with two attached hydrogens (primary N) is 1. The van der Waals surface area contributed by atoms with Crippen molar-refractivity contribution in [3.8, 4) is 0 Å². The Kier molecular flexibility index (Phi) is 3.15. The first-order valence-electron chi connectivity index (χ1n) is 5.82. The zero-order valence-electron chi connectivity index (χ0n) is 10.4. The minimum absolute atomic E-state index is 0.0785. The summed E-state index contributed by atoms with van der Waals surface area (Å²) in [5.41, 5.74) is 7.63. The second-order valence-corrected chi connectivity index (χ2v) is 7.52. The quantitative estimate of drug-likeness (QED) is 0.750. The second-order valence-electron chi connectivity index (χ2n) is 4.32. The van der Waals surface area contributed by atoms with Crippen molar-refractivity contribution >= 4 is 37.1 Å². The van der Waals surface area contributed by atoms with Crippen LogP contribution in [0.3, 0.4) is 0 Å². The lowest BCUT2D eigenvalue weighted by Crippen LogP contribution is -2.04. The molecule has 5 nitrogen and oxygen atoms in total. The fraction of sp³-hybridized carbons (Fsp3) is 0.0769. The summed E-state index contributed by atoms with van der Waals surface area (Å²) in [6, 6.07) is 8.54. The highest BCUT2D eigenvalue weighted by Crippen LogP contribution is 2.28. The zero-order valence-corrected chi connectivity index (χ0v) is 12.0. The third-order valence-electron chi connectivity index (χ3n) is 2.76. The maximum Gasteiger partial charge on any atom is 0.210 e. The Bertz CT molecular complexity index is 858. The first-order valence-corrected chi connectivity index (χ1v) is 8.29. The number of benzene rings is 1. The molecule has 7 heteroatoms. The van der Waals surface area contributed by atoms with Gasteiger partial charge in [0.25, 0.3) is 0 Å². The molecule has 3 rings (SSSR count). The topological polar surface area (TPSA) is 85.9 Å². The smallest absolute Gasteiger partial charge is 0.210 e. The van der Waals surface area contributed by atoms with E-state index in [1.807, 2.05) is 0 Å². The van der Waals surface area contributed by atoms with Crippen molar-refractivity contribution in [2.24, 2.45) is 0 Å². The van der Waals surface area contributed by atoms with Gasteiger partial charge in [0, 0.05) is 18.1 Å². The lowest BCUT2D eigenvalue weighted by Gasteiger charge is -1.99. The summed E-state index contributed by atoms with van der Waals surface area (Å²) in [6.45, 7) is 0. The van der Waals surface area contributed by atoms with Gasteiger partial charge in [0.05, 0.1) is 16.0 Å². The highest BCUT2D eigenvalue weighted by atomic mass is 32.2. The molecule has 0 atom stereocenters. The second kappa shape index (κ2) is 4.84. The van der Waals surface area contributed by atoms with Gasteiger partial charge in [-0.05, 0) is 35.9 Å². The van der Waals surface area contributed by atoms with Gasteiger partial charge in [-0.2, -0.15) is 0 Å². The molecule has 0 fully saturated rings. The van der Waals surface area contributed by atoms with E-state index in [0.29, 0.717) is 16.8 Å². The molecule has 3 aromatic rings. The number of pyridine rings is 1. The van der Waals surface area contributed by atoms with Gasteiger partial charge in [0.15, 0.2) is 0 Å². The molecule has 2 N–H and O–H groups in total. The van der Waals surface area contributed by atoms with Gasteiger partial charge in [0.1, 0.15) is 0 Å². The van der Waals surface area contributed by atoms with E-state index in [4.69, 9.17) is 5.73 Å². The van der Waals surface area contributed by atoms with E-state index in [2.05, 4.69) is 9.97 Å². The maximum absolute atomic E-state index is 12.4. The number of anilines is 1. The van der Waals surface area contributed by atoms with Crippen molar-refractivity contribution in [3.05, 3.63) is 48.3 Å². The van der Waals surface area contributed by atoms with Crippen LogP contribution >= 0.6 is 11.3 Å². The monoisotopic (exact) mass is 305 g/mol. The maximum atomic E-state index is 12.4. The minimum Gasteiger partial charge on any atom is -0.399 e. The largest absolute Gasteiger partial charge is 0.399 e. The van der Waals surface area contributed by atoms with Gasteiger partial charge in [0.2, 0.25) is 14.2 Å². The molecule has 2 aromatic heterocycles. The lowest BCUT2D eigenvalue weighted by molar-refractivity contribution is 0.594. The molecule has 0 aliphatic carbocycles. The van der Waals surface area contributed by atoms with Crippen LogP contribution in [0.2, 0.25) is 0 Å². The third kappa shape index (κ3) is 2.50. The van der Waals surface area contributed by atoms with Gasteiger partial charge in [-0.15, -0.1) is 11.3 Å². The molecule has 0 aliphatic rings. The molecule has 0 spiro atoms. The summed E-state index contributed by atoms with van der Waals surface area (Å²) in [5.74, 6) is -0.0785. The summed E-state index contributed by atoms with van der Waals surface area (Å²) in [7, 11) is -3.45. The number of hydrogen-bond donors (Lipinski definition) is 1. The summed E-state index contributed by atoms with van der Waals surface area (Å²) >= 11 is 1.14. The number of rotatable bonds is 3. The average Bonchev–Trinajstić information content (AvgIpc) is 2.83. The van der Waals surface area contributed by atoms with Crippen LogP contribution in [-0.4, -0.2) is 18.4 Å². The van der Waals surface area contributed by atoms with Gasteiger partial charge >= 0.3 is 0 Å². The third-order valence-corrected chi connectivity index (χ3v) is 5.93. The van der Waals surface area contributed by atoms with E-state index >= 15 is 0 Å². The first-order chi connectivity index (χ1) is 9.54. The summed E-state index contributed by atoms with van der Waals surface area (Å²) < 4.78 is 25.6. The first kappa shape index (κ1) is 13.0. The number of aromatic nitrogens is 2. The van der Waals surface area contributed by atoms with E-state index in [1.165, 1.54) is 0 Å². The van der Waals surface area contributed by atoms with E-state index < -0.39 is 9.84 Å². The van der Waals surface area contributed by atoms with Crippen LogP contribution in [0, 0.1) is 0 Å². The Morgan fingerprint density at radius 3 is 2.65 bits per heavy atom. The van der Waals surface area contributed by atoms with Crippen molar-refractivity contribution in [1.82, 2.24) is 9.97 Å². The highest BCUT2D eigenvalue weighted by molar-refractivity contribution is 7.92. The molecular weight excluding hydrogens is 294 g/mol. The van der Waals surface area contributed by atoms with Crippen LogP contribution in [0.4, 0.5) is 5.69 Å². The molecule has 102 valence electrons. The Hall–Kier alpha value is -1.99. The predicted molar refractivity (Wildman–Crippen MR) is 79.2 cm³/mol. The van der Waals surface area contributed by atoms with E-state index in [-0.39, 0.29) is 10.1 Å². The molecule has 0 radical (unpaired) electrons. The van der Waals surface area contributed by atoms with Crippen molar-refractivity contribution < 1.29 is 8.42 Å². The standard InChI is InChI=1S/C13H11N3O2S2/c14-10-1-2-11-12(7-10)19-13(16-11)20(17,18)8-9-3-5-15-6-4-9/h1-7H,8,14H2. The Morgan fingerprint density at radius 2 is 1.90 bits per heavy atom. The number of nitrogen functional groups attached to an aromatic ring is 1. The number of hydrogen-bond acceptors (Lipinski definition) is 6. The highest BCUT2D eigenvalue weighted by Gasteiger charge is 2.20. The van der Waals surface area contributed by atoms with Crippen LogP contribution in [-0.2, 0) is 15.6 Å². The van der Waals surface area contributed by atoms with E-state index in [9.17, 15) is 8.42 Å². The van der Waals surface area contributed by atoms with Gasteiger partial charge in [-0.25, -0.2) is 13.4 Å². The van der Waals surface area contributed by atoms with Crippen molar-refractivity contribution in [1.29, 1.82) is 0 Å². The van der Waals surface area contributed by atoms with Gasteiger partial charge < -0.3 is 5.73 Å². The fourth-order valence-corrected chi connectivity index (χ4v) is 4.50. The Balaban J connectivity index is 2.01. The molecule has 0 bridgehead atoms. The summed E-state index contributed by atoms with van der Waals surface area (Å²) in [5, 5.41) is 0. The zero-order chi connectivity index (χ0) is 14.2. The van der Waals surface area contributed by atoms with Crippen LogP contribution in [0.1, 0.15) is 5.56 Å². The molecule has 0 saturated heterocycles. The van der Waals surface area contributed by atoms with Crippen LogP contribution in [0.5, 0.6) is 0 Å². The number of sulfone groups is 1. The lowest BCUT2D eigenvalue weighted by atomic mass is 10.3. The summed E-state index contributed by atoms with van der Waals surface area (Å²) in [6.07, 6.45) is 3.15. The number of nitrogens with zero attached hydrogens (tertiary/aromatic N) is 2. The predicted octanol–water partition coefficient (Wildman–Crippen LogP) is 2.25. The molecule has 0 unspecified atom stereocenters. The molecule has 0 saturated carbocycles. The number of fused-ring (bicyclic) bond motifs is 1. The van der Waals surface area contributed by atoms with Gasteiger partial charge in [-0.3, -0.25) is 4.98 Å². The SMILES string of the molecule is Nc1ccc2nc(S(=O)(=O)Cc3ccncc3)sc2c1. The van der Waals surface area contributed by atoms with Crippen molar-refractivity contribution in [2.45, 2.75) is 10.1 Å². The number of thiazole rings is 1. The van der Waals surface area contributed by atoms with Crippen LogP contribution in [0.15, 0.2) is 47.1 Å². The van der Waals surface area contributed by atoms with E-state index in [0.717, 1.165) is 16.0 Å². The summed E-state index contributed by atoms with van der Waals surface area (Å²) in [4.78, 5) is 8.05. The average molecular weight is 305 g/mol. The molecule has 0 aliphatic heterocycles. The molecular formula is C13H11N3O2S2. The van der Waals surface area contributed by atoms with E-state index in [1.54, 1.807) is 42.7 Å². The normalized spacial score (nSPS) is 11.8. The van der Waals surface area contributed by atoms with Crippen LogP contribution in [0.25, 0.3) is 10.2 Å². The van der Waals surface area contributed by atoms with Crippen LogP contribution < -0.4 is 5.73 Å². The Morgan fingerprint density at radius 1 is 1.15 bits per heavy atom. The minimum atomic E-state index is -3.45. The fourth-order valence-electron chi connectivity index (χ4n) is 1.81. The molecule has 0 amide bonds. The molecule has 20 heavy (non-hydrogen) atoms. The van der Waals surface area contributed by atoms with Crippen molar-refractivity contribution in [3.63, 3.8) is 0 Å². The van der Waals surface area contributed by atoms with Crippen molar-refractivity contribution in [2.75, 3.05) is 5.73 Å². The molecule has 2 heterocycles. The Labute approximate surface area is 120 Å². The van der Waals surface area contributed by atoms with Gasteiger partial charge in [-0.1, -0.05) is 0 Å².